The van der Waals surface area contributed by atoms with Crippen molar-refractivity contribution in [2.75, 3.05) is 7.11 Å². The zero-order valence-electron chi connectivity index (χ0n) is 9.42. The predicted molar refractivity (Wildman–Crippen MR) is 63.3 cm³/mol. The van der Waals surface area contributed by atoms with E-state index in [1.54, 1.807) is 7.11 Å². The van der Waals surface area contributed by atoms with Gasteiger partial charge in [-0.15, -0.1) is 0 Å². The first-order chi connectivity index (χ1) is 7.56. The first-order valence-corrected chi connectivity index (χ1v) is 5.47. The summed E-state index contributed by atoms with van der Waals surface area (Å²) in [5.41, 5.74) is 1.92. The molecule has 1 N–H and O–H groups in total. The molecule has 4 heteroatoms. The van der Waals surface area contributed by atoms with Crippen molar-refractivity contribution >= 4 is 17.6 Å². The van der Waals surface area contributed by atoms with Crippen molar-refractivity contribution < 1.29 is 14.6 Å². The second-order valence-electron chi connectivity index (χ2n) is 3.64. The molecule has 0 radical (unpaired) electrons. The molecular weight excluding hydrogens is 228 g/mol. The van der Waals surface area contributed by atoms with Crippen molar-refractivity contribution in [3.8, 4) is 5.75 Å². The lowest BCUT2D eigenvalue weighted by Crippen LogP contribution is -1.98. The molecule has 88 valence electrons. The summed E-state index contributed by atoms with van der Waals surface area (Å²) >= 11 is 6.10. The number of benzene rings is 1. The molecule has 16 heavy (non-hydrogen) atoms. The molecule has 0 spiro atoms. The number of carbonyl (C=O) groups is 1. The summed E-state index contributed by atoms with van der Waals surface area (Å²) in [5, 5.41) is 9.17. The third-order valence-electron chi connectivity index (χ3n) is 2.41. The first-order valence-electron chi connectivity index (χ1n) is 5.10. The first kappa shape index (κ1) is 12.8. The fraction of sp³-hybridized carbons (Fsp3) is 0.417. The van der Waals surface area contributed by atoms with Crippen LogP contribution < -0.4 is 4.74 Å². The molecule has 1 rings (SSSR count). The molecule has 0 aromatic heterocycles. The summed E-state index contributed by atoms with van der Waals surface area (Å²) in [7, 11) is 1.57. The maximum absolute atomic E-state index is 10.4. The number of hydrogen-bond donors (Lipinski definition) is 1. The van der Waals surface area contributed by atoms with Crippen LogP contribution >= 0.6 is 11.6 Å². The van der Waals surface area contributed by atoms with Gasteiger partial charge in [0.1, 0.15) is 5.75 Å². The second kappa shape index (κ2) is 5.75. The minimum absolute atomic E-state index is 0.161. The van der Waals surface area contributed by atoms with Crippen molar-refractivity contribution in [3.05, 3.63) is 28.3 Å². The molecular formula is C12H15ClO3. The maximum Gasteiger partial charge on any atom is 0.303 e. The SMILES string of the molecule is COc1c(CCCC(=O)O)ccc(C)c1Cl. The molecule has 3 nitrogen and oxygen atoms in total. The molecule has 0 aliphatic rings. The van der Waals surface area contributed by atoms with E-state index in [0.29, 0.717) is 23.6 Å². The molecule has 0 atom stereocenters. The van der Waals surface area contributed by atoms with Crippen LogP contribution in [0.25, 0.3) is 0 Å². The quantitative estimate of drug-likeness (QED) is 0.863. The average Bonchev–Trinajstić information content (AvgIpc) is 2.23. The van der Waals surface area contributed by atoms with Crippen LogP contribution in [0, 0.1) is 6.92 Å². The van der Waals surface area contributed by atoms with Crippen LogP contribution in [0.4, 0.5) is 0 Å². The molecule has 1 aromatic rings. The molecule has 0 saturated carbocycles. The van der Waals surface area contributed by atoms with Gasteiger partial charge in [-0.1, -0.05) is 23.7 Å². The van der Waals surface area contributed by atoms with Crippen LogP contribution in [-0.2, 0) is 11.2 Å². The molecule has 0 saturated heterocycles. The molecule has 0 aliphatic heterocycles. The normalized spacial score (nSPS) is 10.2. The number of halogens is 1. The van der Waals surface area contributed by atoms with Crippen molar-refractivity contribution in [1.82, 2.24) is 0 Å². The van der Waals surface area contributed by atoms with E-state index in [-0.39, 0.29) is 6.42 Å². The highest BCUT2D eigenvalue weighted by molar-refractivity contribution is 6.32. The molecule has 0 amide bonds. The summed E-state index contributed by atoms with van der Waals surface area (Å²) in [4.78, 5) is 10.4. The van der Waals surface area contributed by atoms with Gasteiger partial charge in [0.15, 0.2) is 0 Å². The lowest BCUT2D eigenvalue weighted by Gasteiger charge is -2.11. The summed E-state index contributed by atoms with van der Waals surface area (Å²) in [6, 6.07) is 3.85. The van der Waals surface area contributed by atoms with E-state index in [0.717, 1.165) is 11.1 Å². The minimum atomic E-state index is -0.780. The number of rotatable bonds is 5. The number of aryl methyl sites for hydroxylation is 2. The van der Waals surface area contributed by atoms with Gasteiger partial charge in [-0.2, -0.15) is 0 Å². The van der Waals surface area contributed by atoms with Gasteiger partial charge in [0.2, 0.25) is 0 Å². The van der Waals surface area contributed by atoms with Crippen LogP contribution in [0.5, 0.6) is 5.75 Å². The Labute approximate surface area is 100.0 Å². The van der Waals surface area contributed by atoms with Crippen molar-refractivity contribution in [2.24, 2.45) is 0 Å². The maximum atomic E-state index is 10.4. The monoisotopic (exact) mass is 242 g/mol. The number of carboxylic acids is 1. The molecule has 0 bridgehead atoms. The van der Waals surface area contributed by atoms with E-state index < -0.39 is 5.97 Å². The highest BCUT2D eigenvalue weighted by atomic mass is 35.5. The third-order valence-corrected chi connectivity index (χ3v) is 2.88. The lowest BCUT2D eigenvalue weighted by atomic mass is 10.0. The van der Waals surface area contributed by atoms with E-state index in [2.05, 4.69) is 0 Å². The third kappa shape index (κ3) is 3.14. The predicted octanol–water partition coefficient (Wildman–Crippen LogP) is 3.06. The van der Waals surface area contributed by atoms with Crippen LogP contribution in [-0.4, -0.2) is 18.2 Å². The van der Waals surface area contributed by atoms with Crippen LogP contribution in [0.2, 0.25) is 5.02 Å². The number of hydrogen-bond acceptors (Lipinski definition) is 2. The van der Waals surface area contributed by atoms with Crippen molar-refractivity contribution in [3.63, 3.8) is 0 Å². The molecule has 0 unspecified atom stereocenters. The Balaban J connectivity index is 2.79. The van der Waals surface area contributed by atoms with Gasteiger partial charge < -0.3 is 9.84 Å². The van der Waals surface area contributed by atoms with Gasteiger partial charge in [-0.25, -0.2) is 0 Å². The van der Waals surface area contributed by atoms with Gasteiger partial charge in [-0.3, -0.25) is 4.79 Å². The van der Waals surface area contributed by atoms with Crippen molar-refractivity contribution in [1.29, 1.82) is 0 Å². The fourth-order valence-corrected chi connectivity index (χ4v) is 1.80. The minimum Gasteiger partial charge on any atom is -0.495 e. The Morgan fingerprint density at radius 1 is 1.50 bits per heavy atom. The summed E-state index contributed by atoms with van der Waals surface area (Å²) in [6.45, 7) is 1.91. The Morgan fingerprint density at radius 2 is 2.19 bits per heavy atom. The molecule has 1 aromatic carbocycles. The average molecular weight is 243 g/mol. The van der Waals surface area contributed by atoms with Crippen LogP contribution in [0.3, 0.4) is 0 Å². The van der Waals surface area contributed by atoms with E-state index in [9.17, 15) is 4.79 Å². The Kier molecular flexibility index (Phi) is 4.62. The van der Waals surface area contributed by atoms with E-state index in [4.69, 9.17) is 21.4 Å². The van der Waals surface area contributed by atoms with Gasteiger partial charge in [0.05, 0.1) is 12.1 Å². The highest BCUT2D eigenvalue weighted by Gasteiger charge is 2.10. The Hall–Kier alpha value is -1.22. The zero-order chi connectivity index (χ0) is 12.1. The smallest absolute Gasteiger partial charge is 0.303 e. The topological polar surface area (TPSA) is 46.5 Å². The standard InChI is InChI=1S/C12H15ClO3/c1-8-6-7-9(4-3-5-10(14)15)12(16-2)11(8)13/h6-7H,3-5H2,1-2H3,(H,14,15). The molecule has 0 heterocycles. The number of carboxylic acid groups (broad SMARTS) is 1. The summed E-state index contributed by atoms with van der Waals surface area (Å²) in [5.74, 6) is -0.121. The largest absolute Gasteiger partial charge is 0.495 e. The van der Waals surface area contributed by atoms with Crippen molar-refractivity contribution in [2.45, 2.75) is 26.2 Å². The number of aliphatic carboxylic acids is 1. The number of methoxy groups -OCH3 is 1. The molecule has 0 fully saturated rings. The van der Waals surface area contributed by atoms with Gasteiger partial charge in [0.25, 0.3) is 0 Å². The fourth-order valence-electron chi connectivity index (χ4n) is 1.54. The van der Waals surface area contributed by atoms with Crippen LogP contribution in [0.1, 0.15) is 24.0 Å². The zero-order valence-corrected chi connectivity index (χ0v) is 10.2. The van der Waals surface area contributed by atoms with E-state index >= 15 is 0 Å². The summed E-state index contributed by atoms with van der Waals surface area (Å²) < 4.78 is 5.24. The Morgan fingerprint density at radius 3 is 2.75 bits per heavy atom. The van der Waals surface area contributed by atoms with E-state index in [1.165, 1.54) is 0 Å². The van der Waals surface area contributed by atoms with E-state index in [1.807, 2.05) is 19.1 Å². The highest BCUT2D eigenvalue weighted by Crippen LogP contribution is 2.32. The summed E-state index contributed by atoms with van der Waals surface area (Å²) in [6.07, 6.45) is 1.41. The van der Waals surface area contributed by atoms with Crippen LogP contribution in [0.15, 0.2) is 12.1 Å². The van der Waals surface area contributed by atoms with Gasteiger partial charge in [0, 0.05) is 6.42 Å². The lowest BCUT2D eigenvalue weighted by molar-refractivity contribution is -0.137. The molecule has 0 aliphatic carbocycles. The second-order valence-corrected chi connectivity index (χ2v) is 4.01. The van der Waals surface area contributed by atoms with Gasteiger partial charge >= 0.3 is 5.97 Å². The number of ether oxygens (including phenoxy) is 1. The van der Waals surface area contributed by atoms with Gasteiger partial charge in [-0.05, 0) is 30.9 Å². The Bertz CT molecular complexity index is 388.